The van der Waals surface area contributed by atoms with E-state index in [-0.39, 0.29) is 0 Å². The summed E-state index contributed by atoms with van der Waals surface area (Å²) < 4.78 is 5.38. The molecular weight excluding hydrogens is 484 g/mol. The van der Waals surface area contributed by atoms with Crippen molar-refractivity contribution in [3.05, 3.63) is 59.1 Å². The Morgan fingerprint density at radius 3 is 2.51 bits per heavy atom. The Morgan fingerprint density at radius 1 is 0.973 bits per heavy atom. The molecule has 3 heterocycles. The van der Waals surface area contributed by atoms with E-state index in [9.17, 15) is 4.79 Å². The van der Waals surface area contributed by atoms with Crippen LogP contribution in [0.15, 0.2) is 48.5 Å². The molecule has 0 bridgehead atoms. The molecule has 0 saturated carbocycles. The molecule has 7 heteroatoms. The third-order valence-electron chi connectivity index (χ3n) is 8.46. The number of methoxy groups -OCH3 is 1. The number of anilines is 1. The third kappa shape index (κ3) is 6.78. The van der Waals surface area contributed by atoms with Crippen LogP contribution in [0.4, 0.5) is 5.69 Å². The first-order valence-electron chi connectivity index (χ1n) is 14.0. The van der Waals surface area contributed by atoms with Crippen LogP contribution in [-0.2, 0) is 11.3 Å². The van der Waals surface area contributed by atoms with Crippen molar-refractivity contribution in [3.8, 4) is 5.75 Å². The number of ether oxygens (including phenoxy) is 1. The van der Waals surface area contributed by atoms with Crippen molar-refractivity contribution in [2.75, 3.05) is 64.4 Å². The van der Waals surface area contributed by atoms with E-state index in [0.717, 1.165) is 63.0 Å². The number of carbonyl (C=O) groups is 1. The highest BCUT2D eigenvalue weighted by Gasteiger charge is 2.35. The van der Waals surface area contributed by atoms with Crippen LogP contribution in [0.25, 0.3) is 0 Å². The zero-order valence-corrected chi connectivity index (χ0v) is 22.9. The minimum absolute atomic E-state index is 0.317. The van der Waals surface area contributed by atoms with Crippen LogP contribution in [0.3, 0.4) is 0 Å². The van der Waals surface area contributed by atoms with Crippen molar-refractivity contribution in [2.45, 2.75) is 44.7 Å². The molecule has 37 heavy (non-hydrogen) atoms. The van der Waals surface area contributed by atoms with Gasteiger partial charge < -0.3 is 19.4 Å². The van der Waals surface area contributed by atoms with Crippen LogP contribution in [0.2, 0.25) is 5.02 Å². The Hall–Kier alpha value is -2.28. The maximum atomic E-state index is 13.3. The van der Waals surface area contributed by atoms with Crippen molar-refractivity contribution in [1.29, 1.82) is 0 Å². The number of hydrogen-bond donors (Lipinski definition) is 0. The van der Waals surface area contributed by atoms with Gasteiger partial charge in [0.25, 0.3) is 0 Å². The first-order valence-corrected chi connectivity index (χ1v) is 14.3. The van der Waals surface area contributed by atoms with E-state index in [1.165, 1.54) is 43.6 Å². The van der Waals surface area contributed by atoms with Gasteiger partial charge in [-0.15, -0.1) is 0 Å². The molecule has 0 aliphatic carbocycles. The molecule has 2 aromatic carbocycles. The number of carbonyl (C=O) groups excluding carboxylic acids is 1. The number of amides is 1. The number of nitrogens with zero attached hydrogens (tertiary/aromatic N) is 4. The second-order valence-corrected chi connectivity index (χ2v) is 11.3. The van der Waals surface area contributed by atoms with E-state index in [1.807, 2.05) is 24.3 Å². The molecule has 0 N–H and O–H groups in total. The first-order chi connectivity index (χ1) is 18.1. The summed E-state index contributed by atoms with van der Waals surface area (Å²) in [6, 6.07) is 17.0. The number of rotatable bonds is 8. The fraction of sp³-hybridized carbons (Fsp3) is 0.567. The highest BCUT2D eigenvalue weighted by Crippen LogP contribution is 2.30. The number of hydrogen-bond acceptors (Lipinski definition) is 5. The second kappa shape index (κ2) is 12.5. The molecular formula is C30H41ClN4O2. The molecule has 200 valence electrons. The maximum absolute atomic E-state index is 13.3. The van der Waals surface area contributed by atoms with Gasteiger partial charge in [-0.1, -0.05) is 29.8 Å². The average Bonchev–Trinajstić information content (AvgIpc) is 3.47. The first kappa shape index (κ1) is 26.3. The third-order valence-corrected chi connectivity index (χ3v) is 8.70. The molecule has 6 nitrogen and oxygen atoms in total. The van der Waals surface area contributed by atoms with Gasteiger partial charge in [-0.3, -0.25) is 9.69 Å². The topological polar surface area (TPSA) is 39.3 Å². The molecule has 3 aliphatic heterocycles. The summed E-state index contributed by atoms with van der Waals surface area (Å²) in [4.78, 5) is 23.0. The van der Waals surface area contributed by atoms with E-state index in [2.05, 4.69) is 43.9 Å². The Kier molecular flexibility index (Phi) is 8.90. The molecule has 0 spiro atoms. The van der Waals surface area contributed by atoms with Crippen molar-refractivity contribution in [1.82, 2.24) is 14.7 Å². The zero-order valence-electron chi connectivity index (χ0n) is 22.2. The standard InChI is InChI=1S/C30H41ClN4O2/c1-37-28-9-5-8-27(21-28)33-16-18-35(19-17-33)30(36)11-10-25-23-32(22-24-6-4-7-26(31)20-24)15-12-29(25)34-13-2-3-14-34/h4-9,20-21,25,29H,2-3,10-19,22-23H2,1H3/t25-,29+/m0/s1. The van der Waals surface area contributed by atoms with E-state index in [1.54, 1.807) is 7.11 Å². The lowest BCUT2D eigenvalue weighted by molar-refractivity contribution is -0.132. The van der Waals surface area contributed by atoms with Gasteiger partial charge in [-0.2, -0.15) is 0 Å². The summed E-state index contributed by atoms with van der Waals surface area (Å²) in [7, 11) is 1.70. The van der Waals surface area contributed by atoms with Gasteiger partial charge in [0.2, 0.25) is 5.91 Å². The van der Waals surface area contributed by atoms with E-state index >= 15 is 0 Å². The molecule has 3 aliphatic rings. The number of benzene rings is 2. The van der Waals surface area contributed by atoms with Crippen molar-refractivity contribution in [2.24, 2.45) is 5.92 Å². The van der Waals surface area contributed by atoms with Crippen molar-refractivity contribution in [3.63, 3.8) is 0 Å². The number of piperazine rings is 1. The highest BCUT2D eigenvalue weighted by atomic mass is 35.5. The molecule has 2 aromatic rings. The van der Waals surface area contributed by atoms with Crippen LogP contribution < -0.4 is 9.64 Å². The summed E-state index contributed by atoms with van der Waals surface area (Å²) in [5, 5.41) is 0.804. The number of piperidine rings is 1. The van der Waals surface area contributed by atoms with E-state index in [0.29, 0.717) is 24.3 Å². The molecule has 2 atom stereocenters. The van der Waals surface area contributed by atoms with E-state index < -0.39 is 0 Å². The highest BCUT2D eigenvalue weighted by molar-refractivity contribution is 6.30. The van der Waals surface area contributed by atoms with Gasteiger partial charge >= 0.3 is 0 Å². The van der Waals surface area contributed by atoms with Crippen LogP contribution in [0, 0.1) is 5.92 Å². The predicted octanol–water partition coefficient (Wildman–Crippen LogP) is 4.76. The zero-order chi connectivity index (χ0) is 25.6. The van der Waals surface area contributed by atoms with Gasteiger partial charge in [0.1, 0.15) is 5.75 Å². The van der Waals surface area contributed by atoms with Crippen molar-refractivity contribution < 1.29 is 9.53 Å². The summed E-state index contributed by atoms with van der Waals surface area (Å²) in [6.45, 7) is 8.86. The molecule has 0 aromatic heterocycles. The van der Waals surface area contributed by atoms with Gasteiger partial charge in [0.15, 0.2) is 0 Å². The lowest BCUT2D eigenvalue weighted by Gasteiger charge is -2.43. The van der Waals surface area contributed by atoms with Crippen LogP contribution >= 0.6 is 11.6 Å². The molecule has 1 amide bonds. The van der Waals surface area contributed by atoms with Gasteiger partial charge in [-0.25, -0.2) is 0 Å². The quantitative estimate of drug-likeness (QED) is 0.497. The van der Waals surface area contributed by atoms with Gasteiger partial charge in [0.05, 0.1) is 7.11 Å². The summed E-state index contributed by atoms with van der Waals surface area (Å²) in [6.07, 6.45) is 5.44. The second-order valence-electron chi connectivity index (χ2n) is 10.8. The number of likely N-dealkylation sites (tertiary alicyclic amines) is 2. The minimum Gasteiger partial charge on any atom is -0.497 e. The summed E-state index contributed by atoms with van der Waals surface area (Å²) in [5.74, 6) is 1.73. The molecule has 0 radical (unpaired) electrons. The normalized spacial score (nSPS) is 23.4. The Balaban J connectivity index is 1.15. The largest absolute Gasteiger partial charge is 0.497 e. The summed E-state index contributed by atoms with van der Waals surface area (Å²) >= 11 is 6.24. The predicted molar refractivity (Wildman–Crippen MR) is 150 cm³/mol. The Morgan fingerprint density at radius 2 is 1.76 bits per heavy atom. The monoisotopic (exact) mass is 524 g/mol. The fourth-order valence-corrected chi connectivity index (χ4v) is 6.67. The van der Waals surface area contributed by atoms with Gasteiger partial charge in [-0.05, 0) is 81.1 Å². The fourth-order valence-electron chi connectivity index (χ4n) is 6.46. The van der Waals surface area contributed by atoms with Crippen LogP contribution in [-0.4, -0.2) is 86.1 Å². The number of halogens is 1. The molecule has 3 saturated heterocycles. The summed E-state index contributed by atoms with van der Waals surface area (Å²) in [5.41, 5.74) is 2.44. The lowest BCUT2D eigenvalue weighted by atomic mass is 9.86. The molecule has 3 fully saturated rings. The van der Waals surface area contributed by atoms with E-state index in [4.69, 9.17) is 16.3 Å². The maximum Gasteiger partial charge on any atom is 0.222 e. The molecule has 0 unspecified atom stereocenters. The van der Waals surface area contributed by atoms with Crippen molar-refractivity contribution >= 4 is 23.2 Å². The Bertz CT molecular complexity index is 1040. The van der Waals surface area contributed by atoms with Gasteiger partial charge in [0, 0.05) is 68.5 Å². The SMILES string of the molecule is COc1cccc(N2CCN(C(=O)CC[C@H]3CN(Cc4cccc(Cl)c4)CC[C@H]3N3CCCC3)CC2)c1. The Labute approximate surface area is 227 Å². The minimum atomic E-state index is 0.317. The van der Waals surface area contributed by atoms with Crippen LogP contribution in [0.1, 0.15) is 37.7 Å². The smallest absolute Gasteiger partial charge is 0.222 e. The lowest BCUT2D eigenvalue weighted by Crippen LogP contribution is -2.51. The average molecular weight is 525 g/mol. The molecule has 5 rings (SSSR count). The van der Waals surface area contributed by atoms with Crippen LogP contribution in [0.5, 0.6) is 5.75 Å².